The van der Waals surface area contributed by atoms with Gasteiger partial charge in [-0.15, -0.1) is 0 Å². The van der Waals surface area contributed by atoms with Crippen LogP contribution in [0, 0.1) is 0 Å². The highest BCUT2D eigenvalue weighted by Gasteiger charge is 2.31. The van der Waals surface area contributed by atoms with E-state index in [0.717, 1.165) is 12.1 Å². The van der Waals surface area contributed by atoms with Crippen molar-refractivity contribution in [2.45, 2.75) is 12.6 Å². The molecule has 1 saturated heterocycles. The molecule has 2 aromatic carbocycles. The van der Waals surface area contributed by atoms with Gasteiger partial charge in [0.15, 0.2) is 0 Å². The minimum absolute atomic E-state index is 0.00372. The fraction of sp³-hybridized carbons (Fsp3) is 0.235. The van der Waals surface area contributed by atoms with Gasteiger partial charge in [-0.3, -0.25) is 9.10 Å². The summed E-state index contributed by atoms with van der Waals surface area (Å²) in [5.74, 6) is -0.573. The maximum atomic E-state index is 12.8. The molecule has 0 saturated carbocycles. The molecule has 0 aliphatic carbocycles. The van der Waals surface area contributed by atoms with Crippen LogP contribution in [0.5, 0.6) is 0 Å². The summed E-state index contributed by atoms with van der Waals surface area (Å²) < 4.78 is 63.5. The highest BCUT2D eigenvalue weighted by Crippen LogP contribution is 2.31. The number of rotatable bonds is 3. The second kappa shape index (κ2) is 6.64. The fourth-order valence-corrected chi connectivity index (χ4v) is 4.26. The number of anilines is 2. The Morgan fingerprint density at radius 1 is 1.08 bits per heavy atom. The summed E-state index contributed by atoms with van der Waals surface area (Å²) >= 11 is 0. The normalized spacial score (nSPS) is 16.5. The van der Waals surface area contributed by atoms with Crippen LogP contribution >= 0.6 is 0 Å². The number of nitrogens with zero attached hydrogens (tertiary/aromatic N) is 1. The van der Waals surface area contributed by atoms with E-state index in [4.69, 9.17) is 0 Å². The molecule has 0 spiro atoms. The molecule has 1 fully saturated rings. The molecule has 1 amide bonds. The standard InChI is InChI=1S/C17H15F3N2O3S/c18-17(19,20)13-5-2-6-14(11-13)21-16(23)12-4-1-7-15(10-12)22-8-3-9-26(22,24)25/h1-2,4-7,10-11H,3,8-9H2,(H,21,23). The fourth-order valence-electron chi connectivity index (χ4n) is 2.71. The number of benzene rings is 2. The van der Waals surface area contributed by atoms with E-state index in [2.05, 4.69) is 5.32 Å². The summed E-state index contributed by atoms with van der Waals surface area (Å²) in [6, 6.07) is 10.3. The van der Waals surface area contributed by atoms with Gasteiger partial charge in [0.1, 0.15) is 0 Å². The van der Waals surface area contributed by atoms with Crippen molar-refractivity contribution in [3.8, 4) is 0 Å². The predicted molar refractivity (Wildman–Crippen MR) is 91.6 cm³/mol. The number of halogens is 3. The number of carbonyl (C=O) groups excluding carboxylic acids is 1. The first-order valence-electron chi connectivity index (χ1n) is 7.76. The Balaban J connectivity index is 1.82. The summed E-state index contributed by atoms with van der Waals surface area (Å²) in [6.07, 6.45) is -4.01. The molecule has 5 nitrogen and oxygen atoms in total. The Hall–Kier alpha value is -2.55. The lowest BCUT2D eigenvalue weighted by Crippen LogP contribution is -2.25. The molecule has 1 aliphatic heterocycles. The third-order valence-corrected chi connectivity index (χ3v) is 5.81. The molecule has 2 aromatic rings. The van der Waals surface area contributed by atoms with Crippen LogP contribution in [-0.2, 0) is 16.2 Å². The third-order valence-electron chi connectivity index (χ3n) is 3.94. The first-order valence-corrected chi connectivity index (χ1v) is 9.37. The van der Waals surface area contributed by atoms with E-state index in [1.54, 1.807) is 6.07 Å². The van der Waals surface area contributed by atoms with Gasteiger partial charge in [0.25, 0.3) is 5.91 Å². The molecule has 1 heterocycles. The Morgan fingerprint density at radius 2 is 1.81 bits per heavy atom. The molecule has 138 valence electrons. The van der Waals surface area contributed by atoms with Crippen molar-refractivity contribution in [3.63, 3.8) is 0 Å². The lowest BCUT2D eigenvalue weighted by molar-refractivity contribution is -0.137. The molecule has 0 aromatic heterocycles. The van der Waals surface area contributed by atoms with E-state index in [-0.39, 0.29) is 17.0 Å². The second-order valence-corrected chi connectivity index (χ2v) is 7.84. The van der Waals surface area contributed by atoms with Gasteiger partial charge in [0.05, 0.1) is 17.0 Å². The van der Waals surface area contributed by atoms with E-state index in [0.29, 0.717) is 18.7 Å². The van der Waals surface area contributed by atoms with Crippen molar-refractivity contribution in [2.24, 2.45) is 0 Å². The van der Waals surface area contributed by atoms with E-state index in [1.165, 1.54) is 34.6 Å². The van der Waals surface area contributed by atoms with Crippen LogP contribution in [0.4, 0.5) is 24.5 Å². The Morgan fingerprint density at radius 3 is 2.46 bits per heavy atom. The Kier molecular flexibility index (Phi) is 4.66. The number of amides is 1. The van der Waals surface area contributed by atoms with Crippen LogP contribution in [0.15, 0.2) is 48.5 Å². The maximum absolute atomic E-state index is 12.8. The van der Waals surface area contributed by atoms with Gasteiger partial charge in [0, 0.05) is 17.8 Å². The van der Waals surface area contributed by atoms with Crippen molar-refractivity contribution >= 4 is 27.3 Å². The second-order valence-electron chi connectivity index (χ2n) is 5.82. The lowest BCUT2D eigenvalue weighted by Gasteiger charge is -2.17. The zero-order valence-corrected chi connectivity index (χ0v) is 14.3. The van der Waals surface area contributed by atoms with Crippen LogP contribution < -0.4 is 9.62 Å². The maximum Gasteiger partial charge on any atom is 0.416 e. The highest BCUT2D eigenvalue weighted by atomic mass is 32.2. The van der Waals surface area contributed by atoms with Gasteiger partial charge < -0.3 is 5.32 Å². The van der Waals surface area contributed by atoms with Gasteiger partial charge in [-0.1, -0.05) is 12.1 Å². The van der Waals surface area contributed by atoms with Crippen LogP contribution in [0.25, 0.3) is 0 Å². The van der Waals surface area contributed by atoms with Gasteiger partial charge in [-0.05, 0) is 42.8 Å². The Bertz CT molecular complexity index is 942. The molecule has 1 N–H and O–H groups in total. The number of hydrogen-bond donors (Lipinski definition) is 1. The Labute approximate surface area is 148 Å². The molecule has 0 unspecified atom stereocenters. The van der Waals surface area contributed by atoms with Gasteiger partial charge in [0.2, 0.25) is 10.0 Å². The van der Waals surface area contributed by atoms with E-state index >= 15 is 0 Å². The van der Waals surface area contributed by atoms with E-state index in [1.807, 2.05) is 0 Å². The number of hydrogen-bond acceptors (Lipinski definition) is 3. The lowest BCUT2D eigenvalue weighted by atomic mass is 10.1. The van der Waals surface area contributed by atoms with Gasteiger partial charge in [-0.25, -0.2) is 8.42 Å². The third kappa shape index (κ3) is 3.82. The van der Waals surface area contributed by atoms with Crippen molar-refractivity contribution in [1.82, 2.24) is 0 Å². The number of sulfonamides is 1. The quantitative estimate of drug-likeness (QED) is 0.881. The predicted octanol–water partition coefficient (Wildman–Crippen LogP) is 3.50. The topological polar surface area (TPSA) is 66.5 Å². The molecule has 9 heteroatoms. The first kappa shape index (κ1) is 18.2. The molecular weight excluding hydrogens is 369 g/mol. The first-order chi connectivity index (χ1) is 12.2. The van der Waals surface area contributed by atoms with Crippen LogP contribution in [-0.4, -0.2) is 26.6 Å². The minimum atomic E-state index is -4.51. The monoisotopic (exact) mass is 384 g/mol. The van der Waals surface area contributed by atoms with Crippen LogP contribution in [0.3, 0.4) is 0 Å². The average Bonchev–Trinajstić information content (AvgIpc) is 2.94. The summed E-state index contributed by atoms with van der Waals surface area (Å²) in [6.45, 7) is 0.334. The summed E-state index contributed by atoms with van der Waals surface area (Å²) in [4.78, 5) is 12.3. The average molecular weight is 384 g/mol. The van der Waals surface area contributed by atoms with Gasteiger partial charge >= 0.3 is 6.18 Å². The van der Waals surface area contributed by atoms with Gasteiger partial charge in [-0.2, -0.15) is 13.2 Å². The van der Waals surface area contributed by atoms with Crippen molar-refractivity contribution < 1.29 is 26.4 Å². The van der Waals surface area contributed by atoms with Crippen LogP contribution in [0.1, 0.15) is 22.3 Å². The SMILES string of the molecule is O=C(Nc1cccc(C(F)(F)F)c1)c1cccc(N2CCCS2(=O)=O)c1. The van der Waals surface area contributed by atoms with Crippen molar-refractivity contribution in [3.05, 3.63) is 59.7 Å². The minimum Gasteiger partial charge on any atom is -0.322 e. The molecule has 0 bridgehead atoms. The molecular formula is C17H15F3N2O3S. The molecule has 0 radical (unpaired) electrons. The van der Waals surface area contributed by atoms with Crippen molar-refractivity contribution in [1.29, 1.82) is 0 Å². The van der Waals surface area contributed by atoms with E-state index in [9.17, 15) is 26.4 Å². The zero-order chi connectivity index (χ0) is 18.9. The largest absolute Gasteiger partial charge is 0.416 e. The highest BCUT2D eigenvalue weighted by molar-refractivity contribution is 7.93. The number of alkyl halides is 3. The van der Waals surface area contributed by atoms with Crippen LogP contribution in [0.2, 0.25) is 0 Å². The molecule has 3 rings (SSSR count). The zero-order valence-electron chi connectivity index (χ0n) is 13.5. The summed E-state index contributed by atoms with van der Waals surface area (Å²) in [7, 11) is -3.39. The smallest absolute Gasteiger partial charge is 0.322 e. The number of carbonyl (C=O) groups is 1. The number of nitrogens with one attached hydrogen (secondary N) is 1. The van der Waals surface area contributed by atoms with E-state index < -0.39 is 27.7 Å². The summed E-state index contributed by atoms with van der Waals surface area (Å²) in [5.41, 5.74) is -0.350. The molecule has 1 aliphatic rings. The van der Waals surface area contributed by atoms with Crippen molar-refractivity contribution in [2.75, 3.05) is 21.9 Å². The summed E-state index contributed by atoms with van der Waals surface area (Å²) in [5, 5.41) is 2.40. The molecule has 26 heavy (non-hydrogen) atoms. The molecule has 0 atom stereocenters.